The zero-order valence-corrected chi connectivity index (χ0v) is 12.3. The molecule has 2 rings (SSSR count). The van der Waals surface area contributed by atoms with E-state index in [2.05, 4.69) is 22.6 Å². The Morgan fingerprint density at radius 2 is 1.79 bits per heavy atom. The number of carboxylic acid groups (broad SMARTS) is 1. The fraction of sp³-hybridized carbons (Fsp3) is 0.385. The van der Waals surface area contributed by atoms with E-state index in [0.29, 0.717) is 5.56 Å². The van der Waals surface area contributed by atoms with Crippen molar-refractivity contribution in [1.82, 2.24) is 4.90 Å². The smallest absolute Gasteiger partial charge is 0.335 e. The lowest BCUT2D eigenvalue weighted by Gasteiger charge is -2.35. The molecular formula is C13H14INO4. The van der Waals surface area contributed by atoms with Gasteiger partial charge in [-0.2, -0.15) is 0 Å². The molecule has 1 aromatic carbocycles. The van der Waals surface area contributed by atoms with Crippen LogP contribution in [0.1, 0.15) is 23.2 Å². The normalized spacial score (nSPS) is 18.1. The van der Waals surface area contributed by atoms with Crippen molar-refractivity contribution in [2.45, 2.75) is 18.4 Å². The molecule has 1 saturated heterocycles. The number of benzene rings is 1. The third-order valence-electron chi connectivity index (χ3n) is 3.38. The van der Waals surface area contributed by atoms with Crippen molar-refractivity contribution in [3.05, 3.63) is 33.4 Å². The van der Waals surface area contributed by atoms with E-state index >= 15 is 0 Å². The maximum Gasteiger partial charge on any atom is 0.335 e. The highest BCUT2D eigenvalue weighted by atomic mass is 127. The Balaban J connectivity index is 2.08. The Labute approximate surface area is 124 Å². The standard InChI is InChI=1S/C13H14INO4/c14-10-4-2-1-3-9(10)11(16)15-7-5-13(19,6-8-15)12(17)18/h1-4,19H,5-8H2,(H,17,18). The number of likely N-dealkylation sites (tertiary alicyclic amines) is 1. The molecule has 1 heterocycles. The number of rotatable bonds is 2. The minimum Gasteiger partial charge on any atom is -0.479 e. The molecule has 1 fully saturated rings. The molecule has 0 aromatic heterocycles. The lowest BCUT2D eigenvalue weighted by Crippen LogP contribution is -2.50. The molecule has 1 amide bonds. The van der Waals surface area contributed by atoms with Crippen LogP contribution in [-0.2, 0) is 4.79 Å². The predicted molar refractivity (Wildman–Crippen MR) is 76.9 cm³/mol. The van der Waals surface area contributed by atoms with Crippen molar-refractivity contribution in [2.75, 3.05) is 13.1 Å². The third kappa shape index (κ3) is 2.89. The number of nitrogens with zero attached hydrogens (tertiary/aromatic N) is 1. The Hall–Kier alpha value is -1.15. The van der Waals surface area contributed by atoms with Crippen molar-refractivity contribution in [3.8, 4) is 0 Å². The van der Waals surface area contributed by atoms with Gasteiger partial charge >= 0.3 is 5.97 Å². The minimum absolute atomic E-state index is 0.0670. The molecule has 102 valence electrons. The molecule has 6 heteroatoms. The van der Waals surface area contributed by atoms with Crippen LogP contribution in [0.5, 0.6) is 0 Å². The fourth-order valence-corrected chi connectivity index (χ4v) is 2.72. The molecule has 0 saturated carbocycles. The van der Waals surface area contributed by atoms with E-state index in [4.69, 9.17) is 5.11 Å². The van der Waals surface area contributed by atoms with Crippen molar-refractivity contribution in [2.24, 2.45) is 0 Å². The molecule has 5 nitrogen and oxygen atoms in total. The largest absolute Gasteiger partial charge is 0.479 e. The Bertz CT molecular complexity index is 509. The topological polar surface area (TPSA) is 77.8 Å². The summed E-state index contributed by atoms with van der Waals surface area (Å²) < 4.78 is 0.865. The first-order chi connectivity index (χ1) is 8.94. The summed E-state index contributed by atoms with van der Waals surface area (Å²) in [7, 11) is 0. The summed E-state index contributed by atoms with van der Waals surface area (Å²) in [6.45, 7) is 0.513. The first-order valence-corrected chi connectivity index (χ1v) is 7.01. The Kier molecular flexibility index (Phi) is 4.10. The van der Waals surface area contributed by atoms with E-state index in [0.717, 1.165) is 3.57 Å². The lowest BCUT2D eigenvalue weighted by atomic mass is 9.91. The van der Waals surface area contributed by atoms with Gasteiger partial charge in [0.1, 0.15) is 0 Å². The van der Waals surface area contributed by atoms with Crippen LogP contribution in [0, 0.1) is 3.57 Å². The van der Waals surface area contributed by atoms with Crippen molar-refractivity contribution < 1.29 is 19.8 Å². The second-order valence-corrected chi connectivity index (χ2v) is 5.77. The molecule has 0 radical (unpaired) electrons. The monoisotopic (exact) mass is 375 g/mol. The Morgan fingerprint density at radius 1 is 1.21 bits per heavy atom. The van der Waals surface area contributed by atoms with Crippen molar-refractivity contribution in [3.63, 3.8) is 0 Å². The summed E-state index contributed by atoms with van der Waals surface area (Å²) >= 11 is 2.10. The molecule has 19 heavy (non-hydrogen) atoms. The van der Waals surface area contributed by atoms with E-state index in [-0.39, 0.29) is 31.8 Å². The van der Waals surface area contributed by atoms with Gasteiger partial charge in [-0.25, -0.2) is 4.79 Å². The highest BCUT2D eigenvalue weighted by molar-refractivity contribution is 14.1. The fourth-order valence-electron chi connectivity index (χ4n) is 2.10. The predicted octanol–water partition coefficient (Wildman–Crippen LogP) is 1.34. The van der Waals surface area contributed by atoms with Crippen molar-refractivity contribution >= 4 is 34.5 Å². The molecule has 0 atom stereocenters. The highest BCUT2D eigenvalue weighted by Gasteiger charge is 2.40. The third-order valence-corrected chi connectivity index (χ3v) is 4.32. The summed E-state index contributed by atoms with van der Waals surface area (Å²) in [4.78, 5) is 24.8. The van der Waals surface area contributed by atoms with Gasteiger partial charge in [0.15, 0.2) is 5.60 Å². The maximum absolute atomic E-state index is 12.3. The van der Waals surface area contributed by atoms with E-state index in [1.807, 2.05) is 12.1 Å². The first-order valence-electron chi connectivity index (χ1n) is 5.93. The van der Waals surface area contributed by atoms with Gasteiger partial charge in [-0.3, -0.25) is 4.79 Å². The van der Waals surface area contributed by atoms with Crippen LogP contribution >= 0.6 is 22.6 Å². The SMILES string of the molecule is O=C(c1ccccc1I)N1CCC(O)(C(=O)O)CC1. The average molecular weight is 375 g/mol. The van der Waals surface area contributed by atoms with Gasteiger partial charge in [-0.15, -0.1) is 0 Å². The van der Waals surface area contributed by atoms with Crippen LogP contribution in [-0.4, -0.2) is 45.7 Å². The van der Waals surface area contributed by atoms with Gasteiger partial charge in [0.25, 0.3) is 5.91 Å². The summed E-state index contributed by atoms with van der Waals surface area (Å²) in [5.74, 6) is -1.33. The number of carbonyl (C=O) groups is 2. The van der Waals surface area contributed by atoms with Crippen LogP contribution in [0.15, 0.2) is 24.3 Å². The van der Waals surface area contributed by atoms with Crippen LogP contribution < -0.4 is 0 Å². The second-order valence-electron chi connectivity index (χ2n) is 4.61. The molecule has 2 N–H and O–H groups in total. The van der Waals surface area contributed by atoms with Gasteiger partial charge in [-0.05, 0) is 34.7 Å². The maximum atomic E-state index is 12.3. The number of aliphatic carboxylic acids is 1. The van der Waals surface area contributed by atoms with Gasteiger partial charge in [0.2, 0.25) is 0 Å². The van der Waals surface area contributed by atoms with Crippen LogP contribution in [0.2, 0.25) is 0 Å². The number of hydrogen-bond donors (Lipinski definition) is 2. The number of halogens is 1. The highest BCUT2D eigenvalue weighted by Crippen LogP contribution is 2.24. The summed E-state index contributed by atoms with van der Waals surface area (Å²) in [5, 5.41) is 18.8. The molecular weight excluding hydrogens is 361 g/mol. The number of aliphatic hydroxyl groups is 1. The summed E-state index contributed by atoms with van der Waals surface area (Å²) in [6, 6.07) is 7.26. The van der Waals surface area contributed by atoms with Crippen molar-refractivity contribution in [1.29, 1.82) is 0 Å². The van der Waals surface area contributed by atoms with Gasteiger partial charge in [-0.1, -0.05) is 12.1 Å². The van der Waals surface area contributed by atoms with E-state index in [1.54, 1.807) is 17.0 Å². The molecule has 0 spiro atoms. The summed E-state index contributed by atoms with van der Waals surface area (Å²) in [5.41, 5.74) is -1.08. The van der Waals surface area contributed by atoms with E-state index in [9.17, 15) is 14.7 Å². The average Bonchev–Trinajstić information content (AvgIpc) is 2.39. The number of hydrogen-bond acceptors (Lipinski definition) is 3. The second kappa shape index (κ2) is 5.46. The summed E-state index contributed by atoms with van der Waals surface area (Å²) in [6.07, 6.45) is 0.134. The number of amides is 1. The van der Waals surface area contributed by atoms with E-state index < -0.39 is 11.6 Å². The minimum atomic E-state index is -1.69. The molecule has 1 aliphatic rings. The first kappa shape index (κ1) is 14.3. The zero-order chi connectivity index (χ0) is 14.0. The van der Waals surface area contributed by atoms with Crippen LogP contribution in [0.3, 0.4) is 0 Å². The lowest BCUT2D eigenvalue weighted by molar-refractivity contribution is -0.162. The number of carboxylic acids is 1. The van der Waals surface area contributed by atoms with Gasteiger partial charge < -0.3 is 15.1 Å². The molecule has 0 unspecified atom stereocenters. The zero-order valence-electron chi connectivity index (χ0n) is 10.2. The number of piperidine rings is 1. The van der Waals surface area contributed by atoms with Crippen LogP contribution in [0.25, 0.3) is 0 Å². The van der Waals surface area contributed by atoms with Gasteiger partial charge in [0.05, 0.1) is 5.56 Å². The molecule has 1 aliphatic heterocycles. The van der Waals surface area contributed by atoms with E-state index in [1.165, 1.54) is 0 Å². The van der Waals surface area contributed by atoms with Gasteiger partial charge in [0, 0.05) is 29.5 Å². The quantitative estimate of drug-likeness (QED) is 0.765. The molecule has 0 aliphatic carbocycles. The van der Waals surface area contributed by atoms with Crippen LogP contribution in [0.4, 0.5) is 0 Å². The Morgan fingerprint density at radius 3 is 2.32 bits per heavy atom. The molecule has 0 bridgehead atoms. The number of carbonyl (C=O) groups excluding carboxylic acids is 1. The molecule has 1 aromatic rings.